The summed E-state index contributed by atoms with van der Waals surface area (Å²) in [6.07, 6.45) is -4.75. The van der Waals surface area contributed by atoms with E-state index in [1.807, 2.05) is 0 Å². The van der Waals surface area contributed by atoms with Crippen LogP contribution in [0.5, 0.6) is 11.5 Å². The summed E-state index contributed by atoms with van der Waals surface area (Å²) in [6, 6.07) is 3.74. The molecule has 1 aromatic rings. The maximum Gasteiger partial charge on any atom is 0.573 e. The lowest BCUT2D eigenvalue weighted by Gasteiger charge is -2.12. The third kappa shape index (κ3) is 2.99. The number of halogens is 4. The first-order valence-electron chi connectivity index (χ1n) is 3.51. The smallest absolute Gasteiger partial charge is 0.493 e. The highest BCUT2D eigenvalue weighted by Gasteiger charge is 2.32. The van der Waals surface area contributed by atoms with Gasteiger partial charge in [-0.3, -0.25) is 0 Å². The van der Waals surface area contributed by atoms with E-state index in [0.29, 0.717) is 0 Å². The van der Waals surface area contributed by atoms with Crippen LogP contribution in [0.2, 0.25) is 5.02 Å². The molecular formula is C8H6ClF3O2. The van der Waals surface area contributed by atoms with Crippen LogP contribution < -0.4 is 9.47 Å². The predicted octanol–water partition coefficient (Wildman–Crippen LogP) is 3.25. The predicted molar refractivity (Wildman–Crippen MR) is 44.7 cm³/mol. The quantitative estimate of drug-likeness (QED) is 0.771. The van der Waals surface area contributed by atoms with Crippen molar-refractivity contribution in [2.24, 2.45) is 0 Å². The first-order chi connectivity index (χ1) is 6.42. The first-order valence-corrected chi connectivity index (χ1v) is 3.89. The normalized spacial score (nSPS) is 11.2. The van der Waals surface area contributed by atoms with E-state index in [9.17, 15) is 13.2 Å². The Balaban J connectivity index is 2.99. The van der Waals surface area contributed by atoms with Crippen LogP contribution in [0.25, 0.3) is 0 Å². The zero-order chi connectivity index (χ0) is 10.8. The van der Waals surface area contributed by atoms with E-state index in [1.54, 1.807) is 0 Å². The number of ether oxygens (including phenoxy) is 2. The molecule has 0 aliphatic carbocycles. The molecule has 0 aliphatic rings. The summed E-state index contributed by atoms with van der Waals surface area (Å²) < 4.78 is 44.0. The van der Waals surface area contributed by atoms with E-state index in [0.717, 1.165) is 6.07 Å². The second kappa shape index (κ2) is 3.96. The second-order valence-corrected chi connectivity index (χ2v) is 2.78. The summed E-state index contributed by atoms with van der Waals surface area (Å²) in [5, 5.41) is 0.144. The molecule has 1 aromatic carbocycles. The molecule has 6 heteroatoms. The molecule has 0 spiro atoms. The maximum atomic E-state index is 11.9. The fraction of sp³-hybridized carbons (Fsp3) is 0.250. The highest BCUT2D eigenvalue weighted by Crippen LogP contribution is 2.34. The molecule has 0 bridgehead atoms. The minimum absolute atomic E-state index is 0.0216. The fourth-order valence-electron chi connectivity index (χ4n) is 0.855. The SMILES string of the molecule is COc1ccc(Cl)cc1OC(F)(F)F. The van der Waals surface area contributed by atoms with Gasteiger partial charge in [0, 0.05) is 11.1 Å². The van der Waals surface area contributed by atoms with Crippen LogP contribution in [-0.4, -0.2) is 13.5 Å². The van der Waals surface area contributed by atoms with E-state index in [-0.39, 0.29) is 10.8 Å². The van der Waals surface area contributed by atoms with E-state index < -0.39 is 12.1 Å². The van der Waals surface area contributed by atoms with Crippen LogP contribution >= 0.6 is 11.6 Å². The largest absolute Gasteiger partial charge is 0.573 e. The number of rotatable bonds is 2. The van der Waals surface area contributed by atoms with Crippen LogP contribution in [0.3, 0.4) is 0 Å². The topological polar surface area (TPSA) is 18.5 Å². The van der Waals surface area contributed by atoms with Gasteiger partial charge in [-0.2, -0.15) is 0 Å². The molecule has 0 unspecified atom stereocenters. The van der Waals surface area contributed by atoms with E-state index >= 15 is 0 Å². The van der Waals surface area contributed by atoms with E-state index in [1.165, 1.54) is 19.2 Å². The number of alkyl halides is 3. The van der Waals surface area contributed by atoms with Gasteiger partial charge in [-0.25, -0.2) is 0 Å². The Hall–Kier alpha value is -1.10. The summed E-state index contributed by atoms with van der Waals surface area (Å²) in [6.45, 7) is 0. The molecule has 1 rings (SSSR count). The van der Waals surface area contributed by atoms with Crippen LogP contribution in [0.15, 0.2) is 18.2 Å². The average Bonchev–Trinajstić information content (AvgIpc) is 2.01. The third-order valence-corrected chi connectivity index (χ3v) is 1.59. The van der Waals surface area contributed by atoms with E-state index in [4.69, 9.17) is 11.6 Å². The Labute approximate surface area is 83.2 Å². The molecular weight excluding hydrogens is 221 g/mol. The molecule has 0 fully saturated rings. The van der Waals surface area contributed by atoms with Gasteiger partial charge in [0.2, 0.25) is 0 Å². The van der Waals surface area contributed by atoms with E-state index in [2.05, 4.69) is 9.47 Å². The summed E-state index contributed by atoms with van der Waals surface area (Å²) in [5.41, 5.74) is 0. The lowest BCUT2D eigenvalue weighted by atomic mass is 10.3. The molecule has 0 heterocycles. The van der Waals surface area contributed by atoms with Crippen LogP contribution in [0, 0.1) is 0 Å². The second-order valence-electron chi connectivity index (χ2n) is 2.34. The van der Waals surface area contributed by atoms with Crippen molar-refractivity contribution in [2.45, 2.75) is 6.36 Å². The molecule has 0 aliphatic heterocycles. The molecule has 0 N–H and O–H groups in total. The van der Waals surface area contributed by atoms with Crippen molar-refractivity contribution in [2.75, 3.05) is 7.11 Å². The Morgan fingerprint density at radius 1 is 1.21 bits per heavy atom. The number of hydrogen-bond acceptors (Lipinski definition) is 2. The Kier molecular flexibility index (Phi) is 3.10. The summed E-state index contributed by atoms with van der Waals surface area (Å²) in [4.78, 5) is 0. The zero-order valence-corrected chi connectivity index (χ0v) is 7.82. The monoisotopic (exact) mass is 226 g/mol. The minimum atomic E-state index is -4.75. The van der Waals surface area contributed by atoms with Crippen molar-refractivity contribution in [1.82, 2.24) is 0 Å². The van der Waals surface area contributed by atoms with Gasteiger partial charge in [0.15, 0.2) is 11.5 Å². The number of hydrogen-bond donors (Lipinski definition) is 0. The highest BCUT2D eigenvalue weighted by molar-refractivity contribution is 6.30. The van der Waals surface area contributed by atoms with Gasteiger partial charge in [-0.15, -0.1) is 13.2 Å². The van der Waals surface area contributed by atoms with Crippen molar-refractivity contribution in [1.29, 1.82) is 0 Å². The molecule has 0 aromatic heterocycles. The van der Waals surface area contributed by atoms with Gasteiger partial charge in [0.25, 0.3) is 0 Å². The Morgan fingerprint density at radius 2 is 1.86 bits per heavy atom. The van der Waals surface area contributed by atoms with Gasteiger partial charge < -0.3 is 9.47 Å². The van der Waals surface area contributed by atoms with Crippen molar-refractivity contribution in [3.05, 3.63) is 23.2 Å². The molecule has 2 nitrogen and oxygen atoms in total. The third-order valence-electron chi connectivity index (χ3n) is 1.35. The number of benzene rings is 1. The maximum absolute atomic E-state index is 11.9. The molecule has 0 amide bonds. The highest BCUT2D eigenvalue weighted by atomic mass is 35.5. The van der Waals surface area contributed by atoms with Gasteiger partial charge in [0.05, 0.1) is 7.11 Å². The summed E-state index contributed by atoms with van der Waals surface area (Å²) >= 11 is 5.50. The Morgan fingerprint density at radius 3 is 2.36 bits per heavy atom. The van der Waals surface area contributed by atoms with Gasteiger partial charge in [-0.1, -0.05) is 11.6 Å². The standard InChI is InChI=1S/C8H6ClF3O2/c1-13-6-3-2-5(9)4-7(6)14-8(10,11)12/h2-4H,1H3. The van der Waals surface area contributed by atoms with Gasteiger partial charge in [0.1, 0.15) is 0 Å². The molecule has 0 atom stereocenters. The summed E-state index contributed by atoms with van der Waals surface area (Å²) in [7, 11) is 1.24. The summed E-state index contributed by atoms with van der Waals surface area (Å²) in [5.74, 6) is -0.473. The molecule has 0 radical (unpaired) electrons. The lowest BCUT2D eigenvalue weighted by Crippen LogP contribution is -2.17. The minimum Gasteiger partial charge on any atom is -0.493 e. The van der Waals surface area contributed by atoms with Crippen LogP contribution in [0.1, 0.15) is 0 Å². The van der Waals surface area contributed by atoms with Crippen LogP contribution in [-0.2, 0) is 0 Å². The van der Waals surface area contributed by atoms with Gasteiger partial charge >= 0.3 is 6.36 Å². The first kappa shape index (κ1) is 11.0. The van der Waals surface area contributed by atoms with Crippen LogP contribution in [0.4, 0.5) is 13.2 Å². The van der Waals surface area contributed by atoms with Gasteiger partial charge in [-0.05, 0) is 12.1 Å². The molecule has 0 saturated carbocycles. The number of methoxy groups -OCH3 is 1. The fourth-order valence-corrected chi connectivity index (χ4v) is 1.02. The van der Waals surface area contributed by atoms with Crippen molar-refractivity contribution in [3.63, 3.8) is 0 Å². The Bertz CT molecular complexity index is 325. The van der Waals surface area contributed by atoms with Crippen molar-refractivity contribution in [3.8, 4) is 11.5 Å². The van der Waals surface area contributed by atoms with Crippen molar-refractivity contribution < 1.29 is 22.6 Å². The lowest BCUT2D eigenvalue weighted by molar-refractivity contribution is -0.275. The molecule has 14 heavy (non-hydrogen) atoms. The van der Waals surface area contributed by atoms with Crippen molar-refractivity contribution >= 4 is 11.6 Å². The molecule has 78 valence electrons. The molecule has 0 saturated heterocycles. The zero-order valence-electron chi connectivity index (χ0n) is 7.06. The average molecular weight is 227 g/mol.